The van der Waals surface area contributed by atoms with Crippen LogP contribution < -0.4 is 15.4 Å². The first-order chi connectivity index (χ1) is 9.33. The number of ether oxygens (including phenoxy) is 1. The van der Waals surface area contributed by atoms with Crippen LogP contribution in [-0.4, -0.2) is 25.6 Å². The van der Waals surface area contributed by atoms with E-state index in [0.29, 0.717) is 13.2 Å². The lowest BCUT2D eigenvalue weighted by molar-refractivity contribution is -0.121. The molecule has 0 spiro atoms. The fourth-order valence-electron chi connectivity index (χ4n) is 2.45. The van der Waals surface area contributed by atoms with Crippen LogP contribution in [0.25, 0.3) is 0 Å². The minimum Gasteiger partial charge on any atom is -0.493 e. The van der Waals surface area contributed by atoms with Crippen molar-refractivity contribution in [3.8, 4) is 5.75 Å². The minimum atomic E-state index is 0.0716. The molecular formula is C15H20N2O2. The highest BCUT2D eigenvalue weighted by Gasteiger charge is 2.23. The van der Waals surface area contributed by atoms with Crippen molar-refractivity contribution >= 4 is 5.91 Å². The van der Waals surface area contributed by atoms with E-state index in [1.54, 1.807) is 0 Å². The number of nitrogens with one attached hydrogen (secondary N) is 2. The van der Waals surface area contributed by atoms with Gasteiger partial charge in [-0.05, 0) is 31.4 Å². The number of carbonyl (C=O) groups is 1. The molecule has 0 bridgehead atoms. The average molecular weight is 260 g/mol. The molecule has 1 heterocycles. The molecule has 1 saturated carbocycles. The molecule has 1 aromatic rings. The molecule has 1 amide bonds. The first-order valence-electron chi connectivity index (χ1n) is 7.05. The summed E-state index contributed by atoms with van der Waals surface area (Å²) in [6.07, 6.45) is 3.45. The highest BCUT2D eigenvalue weighted by atomic mass is 16.5. The van der Waals surface area contributed by atoms with Gasteiger partial charge in [0.05, 0.1) is 19.2 Å². The van der Waals surface area contributed by atoms with Crippen molar-refractivity contribution in [3.63, 3.8) is 0 Å². The van der Waals surface area contributed by atoms with Crippen LogP contribution in [0.3, 0.4) is 0 Å². The van der Waals surface area contributed by atoms with Crippen molar-refractivity contribution in [2.24, 2.45) is 5.92 Å². The zero-order valence-corrected chi connectivity index (χ0v) is 11.0. The Hall–Kier alpha value is -1.55. The fourth-order valence-corrected chi connectivity index (χ4v) is 2.45. The molecule has 1 aromatic carbocycles. The van der Waals surface area contributed by atoms with Gasteiger partial charge < -0.3 is 15.4 Å². The third-order valence-electron chi connectivity index (χ3n) is 3.71. The molecule has 1 atom stereocenters. The van der Waals surface area contributed by atoms with Gasteiger partial charge in [-0.15, -0.1) is 0 Å². The summed E-state index contributed by atoms with van der Waals surface area (Å²) >= 11 is 0. The molecule has 102 valence electrons. The molecule has 3 rings (SSSR count). The molecule has 19 heavy (non-hydrogen) atoms. The van der Waals surface area contributed by atoms with E-state index in [4.69, 9.17) is 4.74 Å². The fraction of sp³-hybridized carbons (Fsp3) is 0.533. The number of hydrogen-bond acceptors (Lipinski definition) is 3. The number of para-hydroxylation sites is 1. The van der Waals surface area contributed by atoms with E-state index in [-0.39, 0.29) is 11.9 Å². The first-order valence-corrected chi connectivity index (χ1v) is 7.05. The zero-order valence-electron chi connectivity index (χ0n) is 11.0. The van der Waals surface area contributed by atoms with Crippen LogP contribution in [0.2, 0.25) is 0 Å². The van der Waals surface area contributed by atoms with Crippen LogP contribution in [0.15, 0.2) is 24.3 Å². The number of benzene rings is 1. The molecule has 4 nitrogen and oxygen atoms in total. The van der Waals surface area contributed by atoms with Crippen molar-refractivity contribution in [3.05, 3.63) is 29.8 Å². The Bertz CT molecular complexity index is 457. The summed E-state index contributed by atoms with van der Waals surface area (Å²) < 4.78 is 5.59. The summed E-state index contributed by atoms with van der Waals surface area (Å²) in [5.41, 5.74) is 1.09. The second-order valence-electron chi connectivity index (χ2n) is 5.37. The van der Waals surface area contributed by atoms with Crippen LogP contribution in [-0.2, 0) is 4.79 Å². The summed E-state index contributed by atoms with van der Waals surface area (Å²) in [7, 11) is 0. The van der Waals surface area contributed by atoms with Gasteiger partial charge >= 0.3 is 0 Å². The van der Waals surface area contributed by atoms with E-state index in [1.807, 2.05) is 24.3 Å². The lowest BCUT2D eigenvalue weighted by Gasteiger charge is -2.26. The number of carbonyl (C=O) groups excluding carboxylic acids is 1. The zero-order chi connectivity index (χ0) is 13.1. The Balaban J connectivity index is 1.53. The maximum Gasteiger partial charge on any atom is 0.234 e. The van der Waals surface area contributed by atoms with Crippen LogP contribution in [0.5, 0.6) is 5.75 Å². The summed E-state index contributed by atoms with van der Waals surface area (Å²) in [6.45, 7) is 2.05. The van der Waals surface area contributed by atoms with Gasteiger partial charge in [0.25, 0.3) is 0 Å². The van der Waals surface area contributed by atoms with Crippen molar-refractivity contribution in [2.45, 2.75) is 25.3 Å². The lowest BCUT2D eigenvalue weighted by Crippen LogP contribution is -2.38. The Morgan fingerprint density at radius 3 is 2.95 bits per heavy atom. The molecule has 0 aromatic heterocycles. The molecule has 1 fully saturated rings. The van der Waals surface area contributed by atoms with Crippen LogP contribution in [0.4, 0.5) is 0 Å². The van der Waals surface area contributed by atoms with E-state index >= 15 is 0 Å². The Kier molecular flexibility index (Phi) is 3.69. The van der Waals surface area contributed by atoms with Gasteiger partial charge in [-0.1, -0.05) is 18.2 Å². The van der Waals surface area contributed by atoms with Crippen molar-refractivity contribution < 1.29 is 9.53 Å². The number of rotatable bonds is 5. The predicted molar refractivity (Wildman–Crippen MR) is 73.0 cm³/mol. The van der Waals surface area contributed by atoms with Crippen LogP contribution in [0, 0.1) is 5.92 Å². The minimum absolute atomic E-state index is 0.0716. The Labute approximate surface area is 113 Å². The molecule has 1 aliphatic heterocycles. The maximum absolute atomic E-state index is 11.9. The van der Waals surface area contributed by atoms with Gasteiger partial charge in [0.1, 0.15) is 5.75 Å². The molecule has 2 N–H and O–H groups in total. The summed E-state index contributed by atoms with van der Waals surface area (Å²) in [4.78, 5) is 11.9. The lowest BCUT2D eigenvalue weighted by atomic mass is 10.0. The Morgan fingerprint density at radius 1 is 1.26 bits per heavy atom. The number of hydrogen-bond donors (Lipinski definition) is 2. The van der Waals surface area contributed by atoms with Gasteiger partial charge in [0, 0.05) is 12.0 Å². The molecule has 0 radical (unpaired) electrons. The quantitative estimate of drug-likeness (QED) is 0.846. The molecule has 2 aliphatic rings. The molecular weight excluding hydrogens is 240 g/mol. The van der Waals surface area contributed by atoms with E-state index < -0.39 is 0 Å². The van der Waals surface area contributed by atoms with Gasteiger partial charge in [-0.25, -0.2) is 0 Å². The molecule has 1 aliphatic carbocycles. The highest BCUT2D eigenvalue weighted by molar-refractivity contribution is 5.78. The van der Waals surface area contributed by atoms with E-state index in [9.17, 15) is 4.79 Å². The molecule has 4 heteroatoms. The van der Waals surface area contributed by atoms with Crippen molar-refractivity contribution in [1.29, 1.82) is 0 Å². The van der Waals surface area contributed by atoms with Crippen LogP contribution in [0.1, 0.15) is 30.9 Å². The third-order valence-corrected chi connectivity index (χ3v) is 3.71. The van der Waals surface area contributed by atoms with E-state index in [2.05, 4.69) is 10.6 Å². The summed E-state index contributed by atoms with van der Waals surface area (Å²) in [6, 6.07) is 8.01. The monoisotopic (exact) mass is 260 g/mol. The van der Waals surface area contributed by atoms with Gasteiger partial charge in [-0.2, -0.15) is 0 Å². The normalized spacial score (nSPS) is 21.4. The Morgan fingerprint density at radius 2 is 2.11 bits per heavy atom. The topological polar surface area (TPSA) is 50.4 Å². The van der Waals surface area contributed by atoms with Crippen molar-refractivity contribution in [1.82, 2.24) is 10.6 Å². The second kappa shape index (κ2) is 5.61. The number of fused-ring (bicyclic) bond motifs is 1. The van der Waals surface area contributed by atoms with E-state index in [0.717, 1.165) is 30.2 Å². The molecule has 0 saturated heterocycles. The van der Waals surface area contributed by atoms with Gasteiger partial charge in [-0.3, -0.25) is 4.79 Å². The highest BCUT2D eigenvalue weighted by Crippen LogP contribution is 2.31. The third kappa shape index (κ3) is 3.26. The smallest absolute Gasteiger partial charge is 0.234 e. The van der Waals surface area contributed by atoms with Crippen LogP contribution >= 0.6 is 0 Å². The SMILES string of the molecule is O=C(CNCC1CC1)NC1CCOc2ccccc21. The standard InChI is InChI=1S/C15H20N2O2/c18-15(10-16-9-11-5-6-11)17-13-7-8-19-14-4-2-1-3-12(13)14/h1-4,11,13,16H,5-10H2,(H,17,18). The van der Waals surface area contributed by atoms with Crippen molar-refractivity contribution in [2.75, 3.05) is 19.7 Å². The van der Waals surface area contributed by atoms with Gasteiger partial charge in [0.2, 0.25) is 5.91 Å². The maximum atomic E-state index is 11.9. The molecule has 1 unspecified atom stereocenters. The summed E-state index contributed by atoms with van der Waals surface area (Å²) in [5.74, 6) is 1.77. The largest absolute Gasteiger partial charge is 0.493 e. The van der Waals surface area contributed by atoms with Gasteiger partial charge in [0.15, 0.2) is 0 Å². The predicted octanol–water partition coefficient (Wildman–Crippen LogP) is 1.63. The first kappa shape index (κ1) is 12.5. The number of amides is 1. The summed E-state index contributed by atoms with van der Waals surface area (Å²) in [5, 5.41) is 6.31. The average Bonchev–Trinajstić information content (AvgIpc) is 3.23. The van der Waals surface area contributed by atoms with E-state index in [1.165, 1.54) is 12.8 Å². The second-order valence-corrected chi connectivity index (χ2v) is 5.37.